The van der Waals surface area contributed by atoms with Gasteiger partial charge in [0.05, 0.1) is 10.6 Å². The fourth-order valence-electron chi connectivity index (χ4n) is 2.53. The minimum Gasteiger partial charge on any atom is -0.307 e. The molecule has 0 saturated carbocycles. The van der Waals surface area contributed by atoms with E-state index in [-0.39, 0.29) is 10.8 Å². The van der Waals surface area contributed by atoms with Gasteiger partial charge in [0.1, 0.15) is 5.82 Å². The van der Waals surface area contributed by atoms with E-state index in [0.29, 0.717) is 18.9 Å². The number of sulfonamides is 1. The molecule has 1 heterocycles. The maximum Gasteiger partial charge on any atom is 0.249 e. The summed E-state index contributed by atoms with van der Waals surface area (Å²) in [5.41, 5.74) is 1.55. The monoisotopic (exact) mass is 376 g/mol. The third-order valence-corrected chi connectivity index (χ3v) is 5.97. The Labute approximate surface area is 154 Å². The zero-order valence-electron chi connectivity index (χ0n) is 15.4. The van der Waals surface area contributed by atoms with Gasteiger partial charge in [0, 0.05) is 32.3 Å². The molecule has 1 amide bonds. The molecule has 7 nitrogen and oxygen atoms in total. The zero-order chi connectivity index (χ0) is 19.3. The second-order valence-corrected chi connectivity index (χ2v) is 7.71. The summed E-state index contributed by atoms with van der Waals surface area (Å²) in [4.78, 5) is 12.2. The van der Waals surface area contributed by atoms with Crippen LogP contribution in [0.2, 0.25) is 0 Å². The Hall–Kier alpha value is -2.45. The average Bonchev–Trinajstić information content (AvgIpc) is 2.91. The molecule has 0 unspecified atom stereocenters. The van der Waals surface area contributed by atoms with Gasteiger partial charge in [-0.05, 0) is 30.7 Å². The molecule has 8 heteroatoms. The molecule has 0 aliphatic heterocycles. The molecule has 0 bridgehead atoms. The van der Waals surface area contributed by atoms with Crippen LogP contribution in [0.5, 0.6) is 0 Å². The van der Waals surface area contributed by atoms with E-state index in [1.807, 2.05) is 6.92 Å². The first-order chi connectivity index (χ1) is 12.3. The number of nitrogens with one attached hydrogen (secondary N) is 1. The lowest BCUT2D eigenvalue weighted by Crippen LogP contribution is -2.30. The Balaban J connectivity index is 2.08. The summed E-state index contributed by atoms with van der Waals surface area (Å²) in [6.45, 7) is 6.31. The van der Waals surface area contributed by atoms with Gasteiger partial charge >= 0.3 is 0 Å². The van der Waals surface area contributed by atoms with Gasteiger partial charge in [0.2, 0.25) is 15.9 Å². The van der Waals surface area contributed by atoms with Crippen molar-refractivity contribution in [2.75, 3.05) is 18.4 Å². The Kier molecular flexibility index (Phi) is 6.33. The number of aryl methyl sites for hydroxylation is 2. The van der Waals surface area contributed by atoms with E-state index < -0.39 is 10.0 Å². The highest BCUT2D eigenvalue weighted by atomic mass is 32.2. The smallest absolute Gasteiger partial charge is 0.249 e. The second-order valence-electron chi connectivity index (χ2n) is 5.78. The Morgan fingerprint density at radius 2 is 1.85 bits per heavy atom. The molecule has 0 fully saturated rings. The van der Waals surface area contributed by atoms with Gasteiger partial charge in [0.15, 0.2) is 0 Å². The summed E-state index contributed by atoms with van der Waals surface area (Å²) in [6.07, 6.45) is 3.03. The number of nitrogens with zero attached hydrogens (tertiary/aromatic N) is 3. The van der Waals surface area contributed by atoms with Crippen LogP contribution in [0.25, 0.3) is 6.08 Å². The number of carbonyl (C=O) groups excluding carboxylic acids is 1. The number of carbonyl (C=O) groups is 1. The van der Waals surface area contributed by atoms with Crippen LogP contribution in [0.3, 0.4) is 0 Å². The van der Waals surface area contributed by atoms with Crippen molar-refractivity contribution >= 4 is 27.8 Å². The highest BCUT2D eigenvalue weighted by molar-refractivity contribution is 7.89. The minimum absolute atomic E-state index is 0.244. The molecule has 0 saturated heterocycles. The highest BCUT2D eigenvalue weighted by Crippen LogP contribution is 2.17. The molecule has 1 aromatic carbocycles. The molecule has 0 radical (unpaired) electrons. The first-order valence-corrected chi connectivity index (χ1v) is 9.81. The van der Waals surface area contributed by atoms with E-state index in [0.717, 1.165) is 11.3 Å². The molecular weight excluding hydrogens is 352 g/mol. The van der Waals surface area contributed by atoms with Gasteiger partial charge in [-0.15, -0.1) is 0 Å². The van der Waals surface area contributed by atoms with Crippen molar-refractivity contribution in [2.24, 2.45) is 7.05 Å². The van der Waals surface area contributed by atoms with E-state index in [9.17, 15) is 13.2 Å². The van der Waals surface area contributed by atoms with Crippen molar-refractivity contribution in [2.45, 2.75) is 25.7 Å². The van der Waals surface area contributed by atoms with Gasteiger partial charge in [-0.3, -0.25) is 9.48 Å². The molecule has 0 aliphatic carbocycles. The molecule has 2 aromatic rings. The standard InChI is InChI=1S/C18H24N4O3S/c1-5-22(6-2)26(24,25)16-10-7-15(8-11-16)9-12-18(23)19-17-13-14(3)20-21(17)4/h7-13H,5-6H2,1-4H3,(H,19,23). The number of anilines is 1. The summed E-state index contributed by atoms with van der Waals surface area (Å²) in [5.74, 6) is 0.325. The summed E-state index contributed by atoms with van der Waals surface area (Å²) < 4.78 is 27.9. The highest BCUT2D eigenvalue weighted by Gasteiger charge is 2.20. The fourth-order valence-corrected chi connectivity index (χ4v) is 3.99. The number of amides is 1. The molecule has 2 rings (SSSR count). The lowest BCUT2D eigenvalue weighted by molar-refractivity contribution is -0.111. The SMILES string of the molecule is CCN(CC)S(=O)(=O)c1ccc(C=CC(=O)Nc2cc(C)nn2C)cc1. The van der Waals surface area contributed by atoms with Crippen molar-refractivity contribution in [3.8, 4) is 0 Å². The zero-order valence-corrected chi connectivity index (χ0v) is 16.2. The van der Waals surface area contributed by atoms with E-state index in [1.165, 1.54) is 10.4 Å². The predicted molar refractivity (Wildman–Crippen MR) is 102 cm³/mol. The first kappa shape index (κ1) is 19.9. The van der Waals surface area contributed by atoms with Gasteiger partial charge in [0.25, 0.3) is 0 Å². The minimum atomic E-state index is -3.47. The van der Waals surface area contributed by atoms with Crippen LogP contribution in [0.4, 0.5) is 5.82 Å². The van der Waals surface area contributed by atoms with Crippen LogP contribution in [0.1, 0.15) is 25.1 Å². The van der Waals surface area contributed by atoms with Crippen LogP contribution < -0.4 is 5.32 Å². The van der Waals surface area contributed by atoms with Crippen molar-refractivity contribution in [1.82, 2.24) is 14.1 Å². The largest absolute Gasteiger partial charge is 0.307 e. The molecule has 1 N–H and O–H groups in total. The van der Waals surface area contributed by atoms with E-state index in [4.69, 9.17) is 0 Å². The quantitative estimate of drug-likeness (QED) is 0.752. The van der Waals surface area contributed by atoms with Crippen LogP contribution in [0, 0.1) is 6.92 Å². The lowest BCUT2D eigenvalue weighted by Gasteiger charge is -2.18. The first-order valence-electron chi connectivity index (χ1n) is 8.37. The van der Waals surface area contributed by atoms with Crippen molar-refractivity contribution in [1.29, 1.82) is 0 Å². The van der Waals surface area contributed by atoms with Gasteiger partial charge in [-0.25, -0.2) is 8.42 Å². The van der Waals surface area contributed by atoms with Crippen LogP contribution in [-0.4, -0.2) is 41.5 Å². The summed E-state index contributed by atoms with van der Waals surface area (Å²) in [7, 11) is -1.72. The maximum atomic E-state index is 12.4. The van der Waals surface area contributed by atoms with Crippen LogP contribution >= 0.6 is 0 Å². The van der Waals surface area contributed by atoms with Gasteiger partial charge < -0.3 is 5.32 Å². The predicted octanol–water partition coefficient (Wildman–Crippen LogP) is 2.41. The number of hydrogen-bond acceptors (Lipinski definition) is 4. The number of benzene rings is 1. The van der Waals surface area contributed by atoms with E-state index in [1.54, 1.807) is 62.0 Å². The maximum absolute atomic E-state index is 12.4. The summed E-state index contributed by atoms with van der Waals surface area (Å²) >= 11 is 0. The third kappa shape index (κ3) is 4.59. The number of rotatable bonds is 7. The second kappa shape index (κ2) is 8.29. The van der Waals surface area contributed by atoms with E-state index >= 15 is 0 Å². The Morgan fingerprint density at radius 3 is 2.35 bits per heavy atom. The number of aromatic nitrogens is 2. The molecule has 0 atom stereocenters. The topological polar surface area (TPSA) is 84.3 Å². The van der Waals surface area contributed by atoms with Crippen LogP contribution in [-0.2, 0) is 21.9 Å². The fraction of sp³-hybridized carbons (Fsp3) is 0.333. The average molecular weight is 376 g/mol. The molecular formula is C18H24N4O3S. The lowest BCUT2D eigenvalue weighted by atomic mass is 10.2. The summed E-state index contributed by atoms with van der Waals surface area (Å²) in [6, 6.07) is 8.23. The molecule has 0 spiro atoms. The molecule has 140 valence electrons. The Morgan fingerprint density at radius 1 is 1.23 bits per heavy atom. The molecule has 1 aromatic heterocycles. The van der Waals surface area contributed by atoms with E-state index in [2.05, 4.69) is 10.4 Å². The third-order valence-electron chi connectivity index (χ3n) is 3.90. The Bertz CT molecular complexity index is 895. The van der Waals surface area contributed by atoms with Crippen LogP contribution in [0.15, 0.2) is 41.3 Å². The molecule has 26 heavy (non-hydrogen) atoms. The number of hydrogen-bond donors (Lipinski definition) is 1. The summed E-state index contributed by atoms with van der Waals surface area (Å²) in [5, 5.41) is 6.90. The van der Waals surface area contributed by atoms with Crippen molar-refractivity contribution in [3.63, 3.8) is 0 Å². The van der Waals surface area contributed by atoms with Crippen molar-refractivity contribution in [3.05, 3.63) is 47.7 Å². The van der Waals surface area contributed by atoms with Crippen molar-refractivity contribution < 1.29 is 13.2 Å². The van der Waals surface area contributed by atoms with Gasteiger partial charge in [-0.1, -0.05) is 26.0 Å². The normalized spacial score (nSPS) is 12.0. The van der Waals surface area contributed by atoms with Gasteiger partial charge in [-0.2, -0.15) is 9.40 Å². The molecule has 0 aliphatic rings.